The molecule has 132 valence electrons. The van der Waals surface area contributed by atoms with E-state index in [0.29, 0.717) is 27.9 Å². The predicted molar refractivity (Wildman–Crippen MR) is 101 cm³/mol. The van der Waals surface area contributed by atoms with E-state index in [9.17, 15) is 4.79 Å². The first-order valence-electron chi connectivity index (χ1n) is 8.16. The third-order valence-corrected chi connectivity index (χ3v) is 5.08. The van der Waals surface area contributed by atoms with Crippen molar-refractivity contribution in [1.29, 1.82) is 0 Å². The van der Waals surface area contributed by atoms with Crippen molar-refractivity contribution in [3.05, 3.63) is 60.6 Å². The number of carbonyl (C=O) groups is 1. The number of hydrogen-bond acceptors (Lipinski definition) is 7. The van der Waals surface area contributed by atoms with Crippen LogP contribution in [0.25, 0.3) is 20.9 Å². The van der Waals surface area contributed by atoms with Gasteiger partial charge in [0.05, 0.1) is 10.2 Å². The Morgan fingerprint density at radius 1 is 1.04 bits per heavy atom. The lowest BCUT2D eigenvalue weighted by molar-refractivity contribution is 0.102. The minimum Gasteiger partial charge on any atom is -0.454 e. The summed E-state index contributed by atoms with van der Waals surface area (Å²) in [5.74, 6) is 0.886. The number of thiazole rings is 1. The zero-order valence-electron chi connectivity index (χ0n) is 13.9. The van der Waals surface area contributed by atoms with Gasteiger partial charge in [0.2, 0.25) is 6.79 Å². The second kappa shape index (κ2) is 6.33. The van der Waals surface area contributed by atoms with Crippen molar-refractivity contribution >= 4 is 33.1 Å². The number of fused-ring (bicyclic) bond motifs is 2. The van der Waals surface area contributed by atoms with Crippen molar-refractivity contribution in [2.45, 2.75) is 0 Å². The molecule has 1 aliphatic heterocycles. The highest BCUT2D eigenvalue weighted by Crippen LogP contribution is 2.35. The zero-order chi connectivity index (χ0) is 18.2. The van der Waals surface area contributed by atoms with Crippen molar-refractivity contribution in [3.8, 4) is 22.2 Å². The SMILES string of the molecule is O=C(Nc1ccc2c(c1)OCO2)c1nccnc1-c1nc2ccccc2s1. The molecule has 0 bridgehead atoms. The van der Waals surface area contributed by atoms with Gasteiger partial charge in [-0.05, 0) is 24.3 Å². The maximum absolute atomic E-state index is 12.8. The van der Waals surface area contributed by atoms with Gasteiger partial charge in [-0.2, -0.15) is 0 Å². The van der Waals surface area contributed by atoms with E-state index in [-0.39, 0.29) is 18.4 Å². The Hall–Kier alpha value is -3.52. The van der Waals surface area contributed by atoms with E-state index in [1.807, 2.05) is 24.3 Å². The van der Waals surface area contributed by atoms with Crippen LogP contribution in [0.1, 0.15) is 10.5 Å². The maximum atomic E-state index is 12.8. The van der Waals surface area contributed by atoms with Crippen LogP contribution in [0.5, 0.6) is 11.5 Å². The molecule has 27 heavy (non-hydrogen) atoms. The molecule has 0 aliphatic carbocycles. The number of benzene rings is 2. The van der Waals surface area contributed by atoms with E-state index in [2.05, 4.69) is 20.3 Å². The average Bonchev–Trinajstić information content (AvgIpc) is 3.34. The summed E-state index contributed by atoms with van der Waals surface area (Å²) >= 11 is 1.47. The van der Waals surface area contributed by atoms with E-state index >= 15 is 0 Å². The number of ether oxygens (including phenoxy) is 2. The minimum absolute atomic E-state index is 0.179. The van der Waals surface area contributed by atoms with Gasteiger partial charge in [-0.1, -0.05) is 12.1 Å². The van der Waals surface area contributed by atoms with Crippen LogP contribution in [0.3, 0.4) is 0 Å². The van der Waals surface area contributed by atoms with Crippen molar-refractivity contribution in [1.82, 2.24) is 15.0 Å². The smallest absolute Gasteiger partial charge is 0.276 e. The third kappa shape index (κ3) is 2.85. The number of rotatable bonds is 3. The summed E-state index contributed by atoms with van der Waals surface area (Å²) in [7, 11) is 0. The molecule has 0 unspecified atom stereocenters. The van der Waals surface area contributed by atoms with Gasteiger partial charge in [0.1, 0.15) is 10.7 Å². The molecule has 0 saturated heterocycles. The molecule has 1 N–H and O–H groups in total. The maximum Gasteiger partial charge on any atom is 0.276 e. The van der Waals surface area contributed by atoms with Crippen molar-refractivity contribution in [2.24, 2.45) is 0 Å². The molecule has 0 spiro atoms. The standard InChI is InChI=1S/C19H12N4O3S/c24-18(22-11-5-6-13-14(9-11)26-10-25-13)16-17(21-8-7-20-16)19-23-12-3-1-2-4-15(12)27-19/h1-9H,10H2,(H,22,24). The summed E-state index contributed by atoms with van der Waals surface area (Å²) in [6.45, 7) is 0.179. The van der Waals surface area contributed by atoms with Crippen LogP contribution in [-0.2, 0) is 0 Å². The molecule has 0 fully saturated rings. The molecular weight excluding hydrogens is 364 g/mol. The van der Waals surface area contributed by atoms with E-state index < -0.39 is 0 Å². The second-order valence-corrected chi connectivity index (χ2v) is 6.79. The molecule has 5 rings (SSSR count). The Morgan fingerprint density at radius 2 is 1.89 bits per heavy atom. The van der Waals surface area contributed by atoms with Gasteiger partial charge in [0, 0.05) is 24.1 Å². The summed E-state index contributed by atoms with van der Waals surface area (Å²) < 4.78 is 11.7. The van der Waals surface area contributed by atoms with Crippen molar-refractivity contribution < 1.29 is 14.3 Å². The van der Waals surface area contributed by atoms with Gasteiger partial charge in [-0.3, -0.25) is 4.79 Å². The Balaban J connectivity index is 1.49. The van der Waals surface area contributed by atoms with Crippen LogP contribution in [0.4, 0.5) is 5.69 Å². The summed E-state index contributed by atoms with van der Waals surface area (Å²) in [5.41, 5.74) is 2.13. The van der Waals surface area contributed by atoms with E-state index in [1.165, 1.54) is 17.5 Å². The summed E-state index contributed by atoms with van der Waals surface area (Å²) in [6.07, 6.45) is 3.05. The number of para-hydroxylation sites is 1. The topological polar surface area (TPSA) is 86.2 Å². The largest absolute Gasteiger partial charge is 0.454 e. The molecule has 3 heterocycles. The first-order valence-corrected chi connectivity index (χ1v) is 8.97. The highest BCUT2D eigenvalue weighted by molar-refractivity contribution is 7.21. The lowest BCUT2D eigenvalue weighted by Crippen LogP contribution is -2.15. The lowest BCUT2D eigenvalue weighted by Gasteiger charge is -2.07. The number of nitrogens with one attached hydrogen (secondary N) is 1. The number of aromatic nitrogens is 3. The fourth-order valence-corrected chi connectivity index (χ4v) is 3.76. The first kappa shape index (κ1) is 15.7. The van der Waals surface area contributed by atoms with Crippen LogP contribution < -0.4 is 14.8 Å². The van der Waals surface area contributed by atoms with E-state index in [0.717, 1.165) is 10.2 Å². The number of nitrogens with zero attached hydrogens (tertiary/aromatic N) is 3. The average molecular weight is 376 g/mol. The molecule has 8 heteroatoms. The molecule has 0 atom stereocenters. The Labute approximate surface area is 157 Å². The lowest BCUT2D eigenvalue weighted by atomic mass is 10.2. The summed E-state index contributed by atoms with van der Waals surface area (Å²) in [6, 6.07) is 13.0. The van der Waals surface area contributed by atoms with Gasteiger partial charge < -0.3 is 14.8 Å². The van der Waals surface area contributed by atoms with Crippen LogP contribution in [0, 0.1) is 0 Å². The van der Waals surface area contributed by atoms with Gasteiger partial charge in [-0.15, -0.1) is 11.3 Å². The molecule has 1 aliphatic rings. The highest BCUT2D eigenvalue weighted by atomic mass is 32.1. The monoisotopic (exact) mass is 376 g/mol. The highest BCUT2D eigenvalue weighted by Gasteiger charge is 2.20. The molecule has 1 amide bonds. The van der Waals surface area contributed by atoms with Gasteiger partial charge >= 0.3 is 0 Å². The molecule has 7 nitrogen and oxygen atoms in total. The Bertz CT molecular complexity index is 1140. The molecule has 2 aromatic carbocycles. The number of hydrogen-bond donors (Lipinski definition) is 1. The van der Waals surface area contributed by atoms with E-state index in [1.54, 1.807) is 24.4 Å². The molecule has 4 aromatic rings. The number of amides is 1. The zero-order valence-corrected chi connectivity index (χ0v) is 14.7. The number of anilines is 1. The predicted octanol–water partition coefficient (Wildman–Crippen LogP) is 3.73. The summed E-state index contributed by atoms with van der Waals surface area (Å²) in [5, 5.41) is 3.48. The quantitative estimate of drug-likeness (QED) is 0.586. The first-order chi connectivity index (χ1) is 13.3. The van der Waals surface area contributed by atoms with E-state index in [4.69, 9.17) is 9.47 Å². The van der Waals surface area contributed by atoms with Gasteiger partial charge in [-0.25, -0.2) is 15.0 Å². The summed E-state index contributed by atoms with van der Waals surface area (Å²) in [4.78, 5) is 26.0. The fourth-order valence-electron chi connectivity index (χ4n) is 2.80. The van der Waals surface area contributed by atoms with Crippen LogP contribution in [-0.4, -0.2) is 27.7 Å². The molecule has 0 radical (unpaired) electrons. The Morgan fingerprint density at radius 3 is 2.81 bits per heavy atom. The van der Waals surface area contributed by atoms with Crippen LogP contribution in [0.2, 0.25) is 0 Å². The fraction of sp³-hybridized carbons (Fsp3) is 0.0526. The van der Waals surface area contributed by atoms with Crippen molar-refractivity contribution in [2.75, 3.05) is 12.1 Å². The van der Waals surface area contributed by atoms with Crippen LogP contribution in [0.15, 0.2) is 54.9 Å². The van der Waals surface area contributed by atoms with Crippen LogP contribution >= 0.6 is 11.3 Å². The number of carbonyl (C=O) groups excluding carboxylic acids is 1. The molecule has 0 saturated carbocycles. The third-order valence-electron chi connectivity index (χ3n) is 4.04. The van der Waals surface area contributed by atoms with Gasteiger partial charge in [0.15, 0.2) is 17.2 Å². The second-order valence-electron chi connectivity index (χ2n) is 5.76. The molecule has 2 aromatic heterocycles. The Kier molecular flexibility index (Phi) is 3.68. The van der Waals surface area contributed by atoms with Gasteiger partial charge in [0.25, 0.3) is 5.91 Å². The molecular formula is C19H12N4O3S. The minimum atomic E-state index is -0.365. The van der Waals surface area contributed by atoms with Crippen molar-refractivity contribution in [3.63, 3.8) is 0 Å². The normalized spacial score (nSPS) is 12.3.